The average molecular weight is 449 g/mol. The average Bonchev–Trinajstić information content (AvgIpc) is 3.09. The Hall–Kier alpha value is -3.18. The molecule has 158 valence electrons. The third-order valence-corrected chi connectivity index (χ3v) is 6.30. The van der Waals surface area contributed by atoms with Gasteiger partial charge in [0, 0.05) is 25.1 Å². The van der Waals surface area contributed by atoms with Crippen molar-refractivity contribution in [3.8, 4) is 5.75 Å². The van der Waals surface area contributed by atoms with Crippen molar-refractivity contribution in [3.05, 3.63) is 36.4 Å². The first kappa shape index (κ1) is 21.5. The molecule has 9 nitrogen and oxygen atoms in total. The molecule has 0 fully saturated rings. The molecule has 11 heteroatoms. The van der Waals surface area contributed by atoms with Crippen molar-refractivity contribution in [1.29, 1.82) is 0 Å². The smallest absolute Gasteiger partial charge is 0.261 e. The Balaban J connectivity index is 1.90. The highest BCUT2D eigenvalue weighted by molar-refractivity contribution is 7.92. The normalized spacial score (nSPS) is 11.2. The number of benzene rings is 2. The van der Waals surface area contributed by atoms with Gasteiger partial charge in [0.2, 0.25) is 11.8 Å². The summed E-state index contributed by atoms with van der Waals surface area (Å²) in [4.78, 5) is 27.1. The summed E-state index contributed by atoms with van der Waals surface area (Å²) in [5.41, 5.74) is 1.31. The number of anilines is 3. The van der Waals surface area contributed by atoms with Crippen molar-refractivity contribution < 1.29 is 22.7 Å². The summed E-state index contributed by atoms with van der Waals surface area (Å²) < 4.78 is 34.0. The van der Waals surface area contributed by atoms with Crippen LogP contribution >= 0.6 is 11.3 Å². The number of hydrogen-bond acceptors (Lipinski definition) is 7. The molecule has 0 aliphatic rings. The first-order valence-corrected chi connectivity index (χ1v) is 11.2. The van der Waals surface area contributed by atoms with Gasteiger partial charge < -0.3 is 15.4 Å². The summed E-state index contributed by atoms with van der Waals surface area (Å²) in [6.45, 7) is 3.10. The first-order valence-electron chi connectivity index (χ1n) is 8.90. The highest BCUT2D eigenvalue weighted by atomic mass is 32.2. The molecular formula is C19H20N4O5S2. The molecule has 0 bridgehead atoms. The van der Waals surface area contributed by atoms with Gasteiger partial charge in [0.25, 0.3) is 10.0 Å². The van der Waals surface area contributed by atoms with Gasteiger partial charge in [-0.05, 0) is 30.3 Å². The number of thiazole rings is 1. The SMILES string of the molecule is CCC(=O)Nc1nc2c(OC)cc(NS(=O)(=O)c3ccc(NC(C)=O)cc3)cc2s1. The predicted molar refractivity (Wildman–Crippen MR) is 117 cm³/mol. The molecule has 0 saturated carbocycles. The lowest BCUT2D eigenvalue weighted by Gasteiger charge is -2.10. The Kier molecular flexibility index (Phi) is 6.22. The minimum atomic E-state index is -3.87. The number of hydrogen-bond donors (Lipinski definition) is 3. The van der Waals surface area contributed by atoms with Crippen LogP contribution in [0.5, 0.6) is 5.75 Å². The zero-order chi connectivity index (χ0) is 21.9. The highest BCUT2D eigenvalue weighted by Gasteiger charge is 2.18. The number of fused-ring (bicyclic) bond motifs is 1. The van der Waals surface area contributed by atoms with E-state index in [2.05, 4.69) is 20.3 Å². The van der Waals surface area contributed by atoms with Crippen LogP contribution in [0.4, 0.5) is 16.5 Å². The van der Waals surface area contributed by atoms with Gasteiger partial charge in [-0.25, -0.2) is 13.4 Å². The summed E-state index contributed by atoms with van der Waals surface area (Å²) in [5.74, 6) is -0.0423. The Morgan fingerprint density at radius 2 is 1.80 bits per heavy atom. The fraction of sp³-hybridized carbons (Fsp3) is 0.211. The molecule has 3 rings (SSSR count). The number of rotatable bonds is 7. The molecule has 0 saturated heterocycles. The molecule has 1 heterocycles. The quantitative estimate of drug-likeness (QED) is 0.508. The maximum absolute atomic E-state index is 12.8. The lowest BCUT2D eigenvalue weighted by atomic mass is 10.3. The van der Waals surface area contributed by atoms with Crippen molar-refractivity contribution in [2.24, 2.45) is 0 Å². The molecular weight excluding hydrogens is 428 g/mol. The van der Waals surface area contributed by atoms with Gasteiger partial charge in [-0.3, -0.25) is 14.3 Å². The second kappa shape index (κ2) is 8.67. The van der Waals surface area contributed by atoms with Crippen LogP contribution in [-0.4, -0.2) is 32.3 Å². The molecule has 2 amide bonds. The van der Waals surface area contributed by atoms with E-state index in [0.29, 0.717) is 38.9 Å². The molecule has 3 N–H and O–H groups in total. The van der Waals surface area contributed by atoms with Crippen LogP contribution < -0.4 is 20.1 Å². The second-order valence-corrected chi connectivity index (χ2v) is 8.97. The van der Waals surface area contributed by atoms with Gasteiger partial charge >= 0.3 is 0 Å². The van der Waals surface area contributed by atoms with Crippen LogP contribution in [0.2, 0.25) is 0 Å². The van der Waals surface area contributed by atoms with Crippen molar-refractivity contribution in [2.45, 2.75) is 25.2 Å². The van der Waals surface area contributed by atoms with E-state index in [1.165, 1.54) is 55.7 Å². The zero-order valence-electron chi connectivity index (χ0n) is 16.5. The fourth-order valence-electron chi connectivity index (χ4n) is 2.61. The maximum Gasteiger partial charge on any atom is 0.261 e. The van der Waals surface area contributed by atoms with Crippen molar-refractivity contribution in [1.82, 2.24) is 4.98 Å². The number of carbonyl (C=O) groups is 2. The summed E-state index contributed by atoms with van der Waals surface area (Å²) in [7, 11) is -2.42. The second-order valence-electron chi connectivity index (χ2n) is 6.26. The van der Waals surface area contributed by atoms with E-state index in [1.54, 1.807) is 13.0 Å². The number of methoxy groups -OCH3 is 1. The summed E-state index contributed by atoms with van der Waals surface area (Å²) in [6.07, 6.45) is 0.318. The number of nitrogens with zero attached hydrogens (tertiary/aromatic N) is 1. The highest BCUT2D eigenvalue weighted by Crippen LogP contribution is 2.36. The molecule has 2 aromatic carbocycles. The van der Waals surface area contributed by atoms with Crippen LogP contribution in [-0.2, 0) is 19.6 Å². The summed E-state index contributed by atoms with van der Waals surface area (Å²) in [5, 5.41) is 5.68. The molecule has 30 heavy (non-hydrogen) atoms. The number of aromatic nitrogens is 1. The van der Waals surface area contributed by atoms with Gasteiger partial charge in [-0.15, -0.1) is 0 Å². The minimum absolute atomic E-state index is 0.0378. The Bertz CT molecular complexity index is 1200. The molecule has 0 radical (unpaired) electrons. The number of ether oxygens (including phenoxy) is 1. The lowest BCUT2D eigenvalue weighted by molar-refractivity contribution is -0.116. The van der Waals surface area contributed by atoms with Crippen molar-refractivity contribution >= 4 is 59.9 Å². The van der Waals surface area contributed by atoms with E-state index >= 15 is 0 Å². The third kappa shape index (κ3) is 4.86. The predicted octanol–water partition coefficient (Wildman–Crippen LogP) is 3.41. The van der Waals surface area contributed by atoms with E-state index in [1.807, 2.05) is 0 Å². The largest absolute Gasteiger partial charge is 0.494 e. The molecule has 0 aliphatic heterocycles. The monoisotopic (exact) mass is 448 g/mol. The standard InChI is InChI=1S/C19H20N4O5S2/c1-4-17(25)21-19-22-18-15(28-3)9-13(10-16(18)29-19)23-30(26,27)14-7-5-12(6-8-14)20-11(2)24/h5-10,23H,4H2,1-3H3,(H,20,24)(H,21,22,25). The molecule has 0 aliphatic carbocycles. The molecule has 0 unspecified atom stereocenters. The molecule has 3 aromatic rings. The van der Waals surface area contributed by atoms with Crippen LogP contribution in [0.15, 0.2) is 41.3 Å². The minimum Gasteiger partial charge on any atom is -0.494 e. The third-order valence-electron chi connectivity index (χ3n) is 3.98. The zero-order valence-corrected chi connectivity index (χ0v) is 18.1. The van der Waals surface area contributed by atoms with Gasteiger partial charge in [-0.1, -0.05) is 18.3 Å². The van der Waals surface area contributed by atoms with E-state index in [9.17, 15) is 18.0 Å². The number of amides is 2. The lowest BCUT2D eigenvalue weighted by Crippen LogP contribution is -2.13. The van der Waals surface area contributed by atoms with Gasteiger partial charge in [0.05, 0.1) is 22.4 Å². The first-order chi connectivity index (χ1) is 14.2. The summed E-state index contributed by atoms with van der Waals surface area (Å²) >= 11 is 1.22. The number of carbonyl (C=O) groups excluding carboxylic acids is 2. The van der Waals surface area contributed by atoms with Gasteiger partial charge in [0.1, 0.15) is 11.3 Å². The Labute approximate surface area is 177 Å². The van der Waals surface area contributed by atoms with Crippen LogP contribution in [0.3, 0.4) is 0 Å². The number of nitrogens with one attached hydrogen (secondary N) is 3. The van der Waals surface area contributed by atoms with Crippen LogP contribution in [0.1, 0.15) is 20.3 Å². The van der Waals surface area contributed by atoms with E-state index in [4.69, 9.17) is 4.74 Å². The molecule has 0 spiro atoms. The van der Waals surface area contributed by atoms with Crippen molar-refractivity contribution in [3.63, 3.8) is 0 Å². The van der Waals surface area contributed by atoms with E-state index in [-0.39, 0.29) is 16.7 Å². The Morgan fingerprint density at radius 1 is 1.10 bits per heavy atom. The van der Waals surface area contributed by atoms with Crippen molar-refractivity contribution in [2.75, 3.05) is 22.5 Å². The topological polar surface area (TPSA) is 126 Å². The maximum atomic E-state index is 12.8. The van der Waals surface area contributed by atoms with Crippen LogP contribution in [0.25, 0.3) is 10.2 Å². The fourth-order valence-corrected chi connectivity index (χ4v) is 4.59. The van der Waals surface area contributed by atoms with Gasteiger partial charge in [0.15, 0.2) is 5.13 Å². The van der Waals surface area contributed by atoms with E-state index in [0.717, 1.165) is 0 Å². The Morgan fingerprint density at radius 3 is 2.40 bits per heavy atom. The van der Waals surface area contributed by atoms with Gasteiger partial charge in [-0.2, -0.15) is 0 Å². The molecule has 0 atom stereocenters. The summed E-state index contributed by atoms with van der Waals surface area (Å²) in [6, 6.07) is 8.96. The number of sulfonamides is 1. The van der Waals surface area contributed by atoms with E-state index < -0.39 is 10.0 Å². The molecule has 1 aromatic heterocycles. The van der Waals surface area contributed by atoms with Crippen LogP contribution in [0, 0.1) is 0 Å².